The number of hydrogen-bond acceptors (Lipinski definition) is 5. The highest BCUT2D eigenvalue weighted by Gasteiger charge is 2.31. The molecule has 1 aromatic heterocycles. The number of aryl methyl sites for hydroxylation is 1. The summed E-state index contributed by atoms with van der Waals surface area (Å²) in [6.07, 6.45) is -0.710. The molecule has 1 aliphatic heterocycles. The number of urea groups is 1. The molecule has 1 atom stereocenters. The van der Waals surface area contributed by atoms with Crippen molar-refractivity contribution in [3.05, 3.63) is 90.3 Å². The summed E-state index contributed by atoms with van der Waals surface area (Å²) < 4.78 is 42.7. The van der Waals surface area contributed by atoms with Crippen molar-refractivity contribution in [2.45, 2.75) is 58.4 Å². The first kappa shape index (κ1) is 32.1. The summed E-state index contributed by atoms with van der Waals surface area (Å²) in [6, 6.07) is 21.2. The Morgan fingerprint density at radius 1 is 1.04 bits per heavy atom. The highest BCUT2D eigenvalue weighted by atomic mass is 32.2. The van der Waals surface area contributed by atoms with Gasteiger partial charge in [-0.05, 0) is 73.6 Å². The summed E-state index contributed by atoms with van der Waals surface area (Å²) in [5.74, 6) is 1.48. The van der Waals surface area contributed by atoms with Crippen LogP contribution in [0.4, 0.5) is 23.7 Å². The van der Waals surface area contributed by atoms with Gasteiger partial charge in [0, 0.05) is 29.6 Å². The number of carbonyl (C=O) groups is 1. The predicted molar refractivity (Wildman–Crippen MR) is 172 cm³/mol. The van der Waals surface area contributed by atoms with E-state index in [2.05, 4.69) is 56.0 Å². The molecule has 0 spiro atoms. The lowest BCUT2D eigenvalue weighted by molar-refractivity contribution is -0.274. The van der Waals surface area contributed by atoms with Crippen LogP contribution in [0.2, 0.25) is 0 Å². The Morgan fingerprint density at radius 3 is 2.49 bits per heavy atom. The molecule has 0 bridgehead atoms. The fourth-order valence-corrected chi connectivity index (χ4v) is 5.97. The second-order valence-corrected chi connectivity index (χ2v) is 12.2. The zero-order chi connectivity index (χ0) is 32.0. The Bertz CT molecular complexity index is 1620. The Morgan fingerprint density at radius 2 is 1.78 bits per heavy atom. The number of ether oxygens (including phenoxy) is 1. The van der Waals surface area contributed by atoms with Crippen molar-refractivity contribution in [2.75, 3.05) is 17.2 Å². The molecule has 45 heavy (non-hydrogen) atoms. The fraction of sp³-hybridized carbons (Fsp3) is 0.333. The minimum Gasteiger partial charge on any atom is -0.406 e. The van der Waals surface area contributed by atoms with E-state index in [1.165, 1.54) is 40.8 Å². The summed E-state index contributed by atoms with van der Waals surface area (Å²) >= 11 is 1.62. The third-order valence-electron chi connectivity index (χ3n) is 7.31. The standard InChI is InChI=1S/C33H35F3N6O2S/c1-22(2)28-7-4-5-8-29(28)41-19-6-20-45-32(41)39-31(43)38-23(3)9-10-24-11-13-25(14-12-24)30-37-21-42(40-30)26-15-17-27(18-16-26)44-33(34,35)36/h4-5,7-8,11-18,21-23H,6,9-10,19-20H2,1-3H3,(H,38,43). The van der Waals surface area contributed by atoms with E-state index in [-0.39, 0.29) is 17.8 Å². The van der Waals surface area contributed by atoms with E-state index in [1.54, 1.807) is 11.8 Å². The molecular formula is C33H35F3N6O2S. The molecule has 0 aliphatic carbocycles. The molecule has 1 unspecified atom stereocenters. The molecule has 8 nitrogen and oxygen atoms in total. The molecule has 12 heteroatoms. The molecule has 3 aromatic carbocycles. The number of hydrogen-bond donors (Lipinski definition) is 1. The van der Waals surface area contributed by atoms with Crippen LogP contribution in [0.25, 0.3) is 17.1 Å². The van der Waals surface area contributed by atoms with Crippen LogP contribution in [-0.4, -0.2) is 50.7 Å². The molecule has 0 radical (unpaired) electrons. The number of alkyl halides is 3. The number of halogens is 3. The van der Waals surface area contributed by atoms with Gasteiger partial charge in [0.25, 0.3) is 0 Å². The molecule has 1 saturated heterocycles. The highest BCUT2D eigenvalue weighted by Crippen LogP contribution is 2.32. The zero-order valence-corrected chi connectivity index (χ0v) is 26.1. The number of benzene rings is 3. The first-order valence-electron chi connectivity index (χ1n) is 14.8. The number of amides is 2. The maximum Gasteiger partial charge on any atom is 0.573 e. The van der Waals surface area contributed by atoms with Gasteiger partial charge in [0.05, 0.1) is 5.69 Å². The minimum atomic E-state index is -4.74. The number of thioether (sulfide) groups is 1. The third-order valence-corrected chi connectivity index (χ3v) is 8.37. The van der Waals surface area contributed by atoms with Crippen molar-refractivity contribution < 1.29 is 22.7 Å². The van der Waals surface area contributed by atoms with Crippen LogP contribution in [0.3, 0.4) is 0 Å². The average molecular weight is 637 g/mol. The number of rotatable bonds is 9. The van der Waals surface area contributed by atoms with E-state index in [0.717, 1.165) is 53.5 Å². The molecule has 236 valence electrons. The largest absolute Gasteiger partial charge is 0.573 e. The van der Waals surface area contributed by atoms with Crippen LogP contribution >= 0.6 is 11.8 Å². The quantitative estimate of drug-likeness (QED) is 0.201. The van der Waals surface area contributed by atoms with Crippen molar-refractivity contribution in [1.82, 2.24) is 20.1 Å². The highest BCUT2D eigenvalue weighted by molar-refractivity contribution is 8.14. The monoisotopic (exact) mass is 636 g/mol. The lowest BCUT2D eigenvalue weighted by Crippen LogP contribution is -2.37. The number of nitrogens with one attached hydrogen (secondary N) is 1. The van der Waals surface area contributed by atoms with Crippen LogP contribution in [0, 0.1) is 0 Å². The summed E-state index contributed by atoms with van der Waals surface area (Å²) in [4.78, 5) is 23.9. The zero-order valence-electron chi connectivity index (χ0n) is 25.3. The van der Waals surface area contributed by atoms with Gasteiger partial charge in [0.15, 0.2) is 11.0 Å². The van der Waals surface area contributed by atoms with E-state index in [1.807, 2.05) is 43.3 Å². The van der Waals surface area contributed by atoms with Crippen molar-refractivity contribution in [3.63, 3.8) is 0 Å². The Labute approximate surface area is 264 Å². The lowest BCUT2D eigenvalue weighted by Gasteiger charge is -2.32. The molecule has 5 rings (SSSR count). The average Bonchev–Trinajstić information content (AvgIpc) is 3.50. The summed E-state index contributed by atoms with van der Waals surface area (Å²) in [6.45, 7) is 7.15. The SMILES string of the molecule is CC(CCc1ccc(-c2ncn(-c3ccc(OC(F)(F)F)cc3)n2)cc1)NC(=O)N=C1SCCCN1c1ccccc1C(C)C. The smallest absolute Gasteiger partial charge is 0.406 e. The van der Waals surface area contributed by atoms with Crippen LogP contribution < -0.4 is 15.0 Å². The van der Waals surface area contributed by atoms with Crippen molar-refractivity contribution >= 4 is 28.6 Å². The number of carbonyl (C=O) groups excluding carboxylic acids is 1. The molecule has 2 amide bonds. The van der Waals surface area contributed by atoms with Gasteiger partial charge in [0.2, 0.25) is 0 Å². The molecule has 1 fully saturated rings. The van der Waals surface area contributed by atoms with Crippen LogP contribution in [0.5, 0.6) is 5.75 Å². The maximum absolute atomic E-state index is 12.9. The Kier molecular flexibility index (Phi) is 10.1. The van der Waals surface area contributed by atoms with Crippen molar-refractivity contribution in [1.29, 1.82) is 0 Å². The molecule has 4 aromatic rings. The number of aromatic nitrogens is 3. The number of amidine groups is 1. The predicted octanol–water partition coefficient (Wildman–Crippen LogP) is 7.99. The van der Waals surface area contributed by atoms with Crippen LogP contribution in [0.15, 0.2) is 84.1 Å². The minimum absolute atomic E-state index is 0.0724. The number of anilines is 1. The van der Waals surface area contributed by atoms with Gasteiger partial charge < -0.3 is 15.0 Å². The van der Waals surface area contributed by atoms with Crippen LogP contribution in [0.1, 0.15) is 50.7 Å². The topological polar surface area (TPSA) is 84.6 Å². The summed E-state index contributed by atoms with van der Waals surface area (Å²) in [5.41, 5.74) is 4.81. The van der Waals surface area contributed by atoms with Crippen LogP contribution in [-0.2, 0) is 6.42 Å². The van der Waals surface area contributed by atoms with Gasteiger partial charge in [-0.2, -0.15) is 4.99 Å². The molecule has 2 heterocycles. The maximum atomic E-state index is 12.9. The number of nitrogens with zero attached hydrogens (tertiary/aromatic N) is 5. The second kappa shape index (κ2) is 14.2. The van der Waals surface area contributed by atoms with Crippen molar-refractivity contribution in [2.24, 2.45) is 4.99 Å². The third kappa shape index (κ3) is 8.65. The van der Waals surface area contributed by atoms with E-state index in [0.29, 0.717) is 17.4 Å². The van der Waals surface area contributed by atoms with Gasteiger partial charge >= 0.3 is 12.4 Å². The normalized spacial score (nSPS) is 15.4. The van der Waals surface area contributed by atoms with Gasteiger partial charge in [-0.25, -0.2) is 14.5 Å². The second-order valence-electron chi connectivity index (χ2n) is 11.1. The summed E-state index contributed by atoms with van der Waals surface area (Å²) in [5, 5.41) is 8.21. The van der Waals surface area contributed by atoms with Gasteiger partial charge in [-0.15, -0.1) is 18.3 Å². The molecule has 1 N–H and O–H groups in total. The number of aliphatic imine (C=N–C) groups is 1. The Balaban J connectivity index is 1.15. The first-order valence-corrected chi connectivity index (χ1v) is 15.8. The Hall–Kier alpha value is -4.32. The van der Waals surface area contributed by atoms with E-state index >= 15 is 0 Å². The lowest BCUT2D eigenvalue weighted by atomic mass is 10.0. The van der Waals surface area contributed by atoms with Crippen molar-refractivity contribution in [3.8, 4) is 22.8 Å². The molecule has 1 aliphatic rings. The van der Waals surface area contributed by atoms with Gasteiger partial charge in [-0.1, -0.05) is 68.1 Å². The van der Waals surface area contributed by atoms with Gasteiger partial charge in [0.1, 0.15) is 12.1 Å². The molecular weight excluding hydrogens is 601 g/mol. The fourth-order valence-electron chi connectivity index (χ4n) is 5.02. The first-order chi connectivity index (χ1) is 21.6. The van der Waals surface area contributed by atoms with Gasteiger partial charge in [-0.3, -0.25) is 0 Å². The van der Waals surface area contributed by atoms with E-state index < -0.39 is 6.36 Å². The summed E-state index contributed by atoms with van der Waals surface area (Å²) in [7, 11) is 0. The number of para-hydroxylation sites is 1. The van der Waals surface area contributed by atoms with E-state index in [4.69, 9.17) is 0 Å². The molecule has 0 saturated carbocycles. The van der Waals surface area contributed by atoms with E-state index in [9.17, 15) is 18.0 Å².